The Balaban J connectivity index is 1.24. The van der Waals surface area contributed by atoms with Gasteiger partial charge in [-0.15, -0.1) is 11.8 Å². The van der Waals surface area contributed by atoms with Crippen LogP contribution in [0.25, 0.3) is 0 Å². The normalized spacial score (nSPS) is 23.7. The molecule has 2 aliphatic heterocycles. The van der Waals surface area contributed by atoms with Crippen molar-refractivity contribution in [2.75, 3.05) is 26.2 Å². The van der Waals surface area contributed by atoms with Gasteiger partial charge in [-0.25, -0.2) is 0 Å². The van der Waals surface area contributed by atoms with Gasteiger partial charge in [-0.3, -0.25) is 0 Å². The van der Waals surface area contributed by atoms with Crippen LogP contribution in [0.5, 0.6) is 0 Å². The molecule has 0 unspecified atom stereocenters. The Kier molecular flexibility index (Phi) is 7.83. The predicted molar refractivity (Wildman–Crippen MR) is 140 cm³/mol. The van der Waals surface area contributed by atoms with Crippen LogP contribution in [0.1, 0.15) is 46.8 Å². The number of fused-ring (bicyclic) bond motifs is 2. The number of nitrogens with one attached hydrogen (secondary N) is 1. The van der Waals surface area contributed by atoms with E-state index in [0.717, 1.165) is 34.4 Å². The third-order valence-corrected chi connectivity index (χ3v) is 9.01. The number of quaternary nitrogens is 1. The van der Waals surface area contributed by atoms with Gasteiger partial charge >= 0.3 is 6.18 Å². The average Bonchev–Trinajstić information content (AvgIpc) is 3.01. The fraction of sp³-hybridized carbons (Fsp3) is 0.357. The van der Waals surface area contributed by atoms with Gasteiger partial charge in [0.25, 0.3) is 0 Å². The summed E-state index contributed by atoms with van der Waals surface area (Å²) >= 11 is 13.9. The quantitative estimate of drug-likeness (QED) is 0.379. The molecule has 2 N–H and O–H groups in total. The van der Waals surface area contributed by atoms with E-state index in [-0.39, 0.29) is 16.7 Å². The number of rotatable bonds is 5. The standard InChI is InChI=1S/C28H26Cl2F3NO2S/c29-20-6-8-25-22(16-20)26(21-4-2-1-3-18(21)17-37-25)36-14-13-34-11-9-27(35,10-12-34)19-5-7-24(30)23(15-19)28(31,32)33/h1-8,15-16,26,35H,9-14,17H2/p+1/t26-/m0/s1. The van der Waals surface area contributed by atoms with Crippen LogP contribution < -0.4 is 4.90 Å². The second kappa shape index (κ2) is 10.8. The average molecular weight is 569 g/mol. The van der Waals surface area contributed by atoms with Gasteiger partial charge in [-0.05, 0) is 47.0 Å². The molecule has 0 radical (unpaired) electrons. The lowest BCUT2D eigenvalue weighted by Gasteiger charge is -2.36. The van der Waals surface area contributed by atoms with E-state index in [0.29, 0.717) is 37.6 Å². The zero-order valence-electron chi connectivity index (χ0n) is 20.0. The summed E-state index contributed by atoms with van der Waals surface area (Å²) in [7, 11) is 0. The second-order valence-corrected chi connectivity index (χ2v) is 11.5. The van der Waals surface area contributed by atoms with Crippen molar-refractivity contribution < 1.29 is 27.9 Å². The number of benzene rings is 3. The maximum atomic E-state index is 13.3. The fourth-order valence-electron chi connectivity index (χ4n) is 5.19. The zero-order valence-corrected chi connectivity index (χ0v) is 22.3. The maximum absolute atomic E-state index is 13.3. The predicted octanol–water partition coefficient (Wildman–Crippen LogP) is 6.29. The molecule has 3 aromatic rings. The van der Waals surface area contributed by atoms with Crippen LogP contribution in [0.3, 0.4) is 0 Å². The maximum Gasteiger partial charge on any atom is 0.417 e. The minimum atomic E-state index is -4.56. The molecule has 3 nitrogen and oxygen atoms in total. The van der Waals surface area contributed by atoms with Crippen molar-refractivity contribution in [3.63, 3.8) is 0 Å². The Bertz CT molecular complexity index is 1280. The summed E-state index contributed by atoms with van der Waals surface area (Å²) in [4.78, 5) is 2.40. The molecule has 1 saturated heterocycles. The highest BCUT2D eigenvalue weighted by atomic mass is 35.5. The molecule has 2 aliphatic rings. The summed E-state index contributed by atoms with van der Waals surface area (Å²) in [5.74, 6) is 0.862. The Labute approximate surface area is 228 Å². The summed E-state index contributed by atoms with van der Waals surface area (Å²) in [6.45, 7) is 2.49. The van der Waals surface area contributed by atoms with Crippen LogP contribution in [0, 0.1) is 0 Å². The first kappa shape index (κ1) is 26.9. The number of ether oxygens (including phenoxy) is 1. The molecule has 0 bridgehead atoms. The molecule has 1 atom stereocenters. The van der Waals surface area contributed by atoms with Crippen LogP contribution in [0.2, 0.25) is 10.0 Å². The molecule has 0 aliphatic carbocycles. The highest BCUT2D eigenvalue weighted by Crippen LogP contribution is 2.42. The molecule has 5 rings (SSSR count). The van der Waals surface area contributed by atoms with E-state index in [1.54, 1.807) is 11.8 Å². The summed E-state index contributed by atoms with van der Waals surface area (Å²) < 4.78 is 46.4. The molecule has 0 spiro atoms. The van der Waals surface area contributed by atoms with Crippen LogP contribution in [0.4, 0.5) is 13.2 Å². The topological polar surface area (TPSA) is 33.9 Å². The molecule has 0 aromatic heterocycles. The lowest BCUT2D eigenvalue weighted by Crippen LogP contribution is -3.14. The summed E-state index contributed by atoms with van der Waals surface area (Å²) in [6, 6.07) is 17.9. The van der Waals surface area contributed by atoms with Crippen molar-refractivity contribution in [2.45, 2.75) is 41.4 Å². The number of likely N-dealkylation sites (tertiary alicyclic amines) is 1. The van der Waals surface area contributed by atoms with E-state index < -0.39 is 17.3 Å². The summed E-state index contributed by atoms with van der Waals surface area (Å²) in [5.41, 5.74) is 1.49. The third-order valence-electron chi connectivity index (χ3n) is 7.31. The number of alkyl halides is 3. The first-order chi connectivity index (χ1) is 17.6. The number of piperidine rings is 1. The Morgan fingerprint density at radius 1 is 1.00 bits per heavy atom. The fourth-order valence-corrected chi connectivity index (χ4v) is 6.66. The van der Waals surface area contributed by atoms with E-state index in [1.165, 1.54) is 22.6 Å². The Morgan fingerprint density at radius 2 is 1.76 bits per heavy atom. The molecule has 9 heteroatoms. The second-order valence-electron chi connectivity index (χ2n) is 9.64. The smallest absolute Gasteiger partial charge is 0.385 e. The van der Waals surface area contributed by atoms with Crippen LogP contribution >= 0.6 is 35.0 Å². The van der Waals surface area contributed by atoms with Gasteiger partial charge in [-0.1, -0.05) is 53.5 Å². The monoisotopic (exact) mass is 568 g/mol. The van der Waals surface area contributed by atoms with Crippen molar-refractivity contribution in [3.8, 4) is 0 Å². The number of hydrogen-bond acceptors (Lipinski definition) is 3. The number of halogens is 5. The van der Waals surface area contributed by atoms with Crippen molar-refractivity contribution in [1.29, 1.82) is 0 Å². The Hall–Kier alpha value is -1.74. The third kappa shape index (κ3) is 5.82. The highest BCUT2D eigenvalue weighted by Gasteiger charge is 2.39. The Morgan fingerprint density at radius 3 is 2.51 bits per heavy atom. The van der Waals surface area contributed by atoms with Crippen LogP contribution in [-0.4, -0.2) is 31.3 Å². The van der Waals surface area contributed by atoms with Crippen molar-refractivity contribution >= 4 is 35.0 Å². The van der Waals surface area contributed by atoms with Crippen molar-refractivity contribution in [1.82, 2.24) is 0 Å². The molecule has 1 fully saturated rings. The lowest BCUT2D eigenvalue weighted by molar-refractivity contribution is -0.908. The van der Waals surface area contributed by atoms with Gasteiger partial charge in [0.2, 0.25) is 0 Å². The SMILES string of the molecule is OC1(c2ccc(Cl)c(C(F)(F)F)c2)CC[NH+](CCO[C@H]2c3ccccc3CSc3ccc(Cl)cc32)CC1. The number of hydrogen-bond donors (Lipinski definition) is 2. The van der Waals surface area contributed by atoms with E-state index >= 15 is 0 Å². The van der Waals surface area contributed by atoms with Gasteiger partial charge < -0.3 is 14.7 Å². The van der Waals surface area contributed by atoms with Gasteiger partial charge in [0, 0.05) is 34.1 Å². The first-order valence-corrected chi connectivity index (χ1v) is 13.9. The molecule has 196 valence electrons. The van der Waals surface area contributed by atoms with Gasteiger partial charge in [0.1, 0.15) is 18.2 Å². The van der Waals surface area contributed by atoms with Crippen LogP contribution in [0.15, 0.2) is 65.6 Å². The number of aliphatic hydroxyl groups is 1. The first-order valence-electron chi connectivity index (χ1n) is 12.2. The molecule has 0 amide bonds. The summed E-state index contributed by atoms with van der Waals surface area (Å²) in [5, 5.41) is 11.5. The van der Waals surface area contributed by atoms with E-state index in [1.807, 2.05) is 30.3 Å². The van der Waals surface area contributed by atoms with Crippen molar-refractivity contribution in [2.24, 2.45) is 0 Å². The largest absolute Gasteiger partial charge is 0.417 e. The molecule has 37 heavy (non-hydrogen) atoms. The molecular weight excluding hydrogens is 542 g/mol. The highest BCUT2D eigenvalue weighted by molar-refractivity contribution is 7.98. The molecule has 2 heterocycles. The van der Waals surface area contributed by atoms with Crippen LogP contribution in [-0.2, 0) is 22.3 Å². The molecule has 0 saturated carbocycles. The van der Waals surface area contributed by atoms with Gasteiger partial charge in [-0.2, -0.15) is 13.2 Å². The lowest BCUT2D eigenvalue weighted by atomic mass is 9.83. The van der Waals surface area contributed by atoms with E-state index in [4.69, 9.17) is 27.9 Å². The van der Waals surface area contributed by atoms with E-state index in [9.17, 15) is 18.3 Å². The van der Waals surface area contributed by atoms with E-state index in [2.05, 4.69) is 12.1 Å². The molecular formula is C28H27Cl2F3NO2S+. The molecule has 3 aromatic carbocycles. The van der Waals surface area contributed by atoms with Gasteiger partial charge in [0.15, 0.2) is 0 Å². The summed E-state index contributed by atoms with van der Waals surface area (Å²) in [6.07, 6.45) is -4.06. The number of thioether (sulfide) groups is 1. The van der Waals surface area contributed by atoms with Crippen molar-refractivity contribution in [3.05, 3.63) is 98.5 Å². The minimum Gasteiger partial charge on any atom is -0.385 e. The zero-order chi connectivity index (χ0) is 26.2. The van der Waals surface area contributed by atoms with Gasteiger partial charge in [0.05, 0.1) is 30.3 Å². The minimum absolute atomic E-state index is 0.226.